The molecular formula is C58H57BN2O2. The van der Waals surface area contributed by atoms with Crippen LogP contribution in [-0.4, -0.2) is 15.8 Å². The Morgan fingerprint density at radius 2 is 0.667 bits per heavy atom. The Kier molecular flexibility index (Phi) is 8.29. The molecule has 0 fully saturated rings. The highest BCUT2D eigenvalue weighted by Gasteiger charge is 2.41. The Hall–Kier alpha value is -6.20. The van der Waals surface area contributed by atoms with Crippen LogP contribution in [0.5, 0.6) is 23.0 Å². The molecule has 0 aliphatic carbocycles. The van der Waals surface area contributed by atoms with Crippen LogP contribution < -0.4 is 25.9 Å². The number of fused-ring (bicyclic) bond motifs is 10. The van der Waals surface area contributed by atoms with Crippen LogP contribution in [0, 0.1) is 0 Å². The lowest BCUT2D eigenvalue weighted by molar-refractivity contribution is 0.464. The summed E-state index contributed by atoms with van der Waals surface area (Å²) in [5.74, 6) is 3.44. The molecule has 9 aromatic rings. The summed E-state index contributed by atoms with van der Waals surface area (Å²) in [6, 6.07) is 48.0. The third-order valence-corrected chi connectivity index (χ3v) is 13.9. The van der Waals surface area contributed by atoms with Gasteiger partial charge in [-0.2, -0.15) is 0 Å². The van der Waals surface area contributed by atoms with Crippen LogP contribution in [0.2, 0.25) is 0 Å². The zero-order chi connectivity index (χ0) is 44.1. The van der Waals surface area contributed by atoms with Crippen LogP contribution in [0.15, 0.2) is 127 Å². The first kappa shape index (κ1) is 39.6. The minimum absolute atomic E-state index is 0.0256. The normalized spacial score (nSPS) is 13.9. The second-order valence-electron chi connectivity index (χ2n) is 22.3. The van der Waals surface area contributed by atoms with Crippen molar-refractivity contribution in [3.63, 3.8) is 0 Å². The minimum Gasteiger partial charge on any atom is -0.458 e. The van der Waals surface area contributed by atoms with Crippen molar-refractivity contribution in [3.05, 3.63) is 150 Å². The lowest BCUT2D eigenvalue weighted by Gasteiger charge is -2.33. The van der Waals surface area contributed by atoms with Crippen LogP contribution >= 0.6 is 0 Å². The molecule has 2 aliphatic heterocycles. The van der Waals surface area contributed by atoms with Gasteiger partial charge in [-0.3, -0.25) is 0 Å². The fraction of sp³-hybridized carbons (Fsp3) is 0.276. The molecule has 11 rings (SSSR count). The van der Waals surface area contributed by atoms with Gasteiger partial charge in [0.1, 0.15) is 23.0 Å². The van der Waals surface area contributed by atoms with Crippen molar-refractivity contribution in [1.82, 2.24) is 9.13 Å². The molecule has 0 saturated carbocycles. The van der Waals surface area contributed by atoms with Crippen molar-refractivity contribution < 1.29 is 9.47 Å². The van der Waals surface area contributed by atoms with E-state index in [1.54, 1.807) is 0 Å². The maximum atomic E-state index is 6.79. The van der Waals surface area contributed by atoms with Crippen molar-refractivity contribution >= 4 is 66.7 Å². The fourth-order valence-electron chi connectivity index (χ4n) is 10.2. The van der Waals surface area contributed by atoms with Crippen molar-refractivity contribution in [3.8, 4) is 34.4 Å². The van der Waals surface area contributed by atoms with Crippen molar-refractivity contribution in [1.29, 1.82) is 0 Å². The summed E-state index contributed by atoms with van der Waals surface area (Å²) < 4.78 is 18.5. The molecule has 7 aromatic carbocycles. The van der Waals surface area contributed by atoms with Gasteiger partial charge >= 0.3 is 0 Å². The Balaban J connectivity index is 1.13. The zero-order valence-electron chi connectivity index (χ0n) is 38.9. The number of nitrogens with zero attached hydrogens (tertiary/aromatic N) is 2. The smallest absolute Gasteiger partial charge is 0.260 e. The van der Waals surface area contributed by atoms with E-state index in [-0.39, 0.29) is 28.4 Å². The van der Waals surface area contributed by atoms with Crippen molar-refractivity contribution in [2.75, 3.05) is 0 Å². The third kappa shape index (κ3) is 6.17. The number of hydrogen-bond acceptors (Lipinski definition) is 2. The van der Waals surface area contributed by atoms with E-state index in [1.807, 2.05) is 6.07 Å². The largest absolute Gasteiger partial charge is 0.458 e. The summed E-state index contributed by atoms with van der Waals surface area (Å²) in [6.45, 7) is 27.5. The minimum atomic E-state index is -0.107. The molecule has 0 amide bonds. The van der Waals surface area contributed by atoms with E-state index in [2.05, 4.69) is 214 Å². The van der Waals surface area contributed by atoms with Gasteiger partial charge in [0.05, 0.1) is 22.1 Å². The molecule has 2 aromatic heterocycles. The quantitative estimate of drug-likeness (QED) is 0.162. The van der Waals surface area contributed by atoms with E-state index >= 15 is 0 Å². The molecule has 0 bridgehead atoms. The monoisotopic (exact) mass is 824 g/mol. The number of ether oxygens (including phenoxy) is 2. The standard InChI is InChI=1S/C58H57BN2O2/c1-55(2,3)34-16-22-46-40(28-34)41-29-35(56(4,5)6)17-23-47(41)60(46)38-20-26-50-44(32-38)59-45-33-39(21-27-51(45)63-53-15-13-14-52(62-50)54(53)59)61-48-24-18-36(57(7,8)9)30-42(48)43-31-37(58(10,11)12)19-25-49(43)61/h13-33H,1-12H3. The summed E-state index contributed by atoms with van der Waals surface area (Å²) in [6.07, 6.45) is 0. The highest BCUT2D eigenvalue weighted by atomic mass is 16.5. The molecule has 314 valence electrons. The Morgan fingerprint density at radius 3 is 0.968 bits per heavy atom. The molecular weight excluding hydrogens is 767 g/mol. The van der Waals surface area contributed by atoms with Gasteiger partial charge in [-0.15, -0.1) is 0 Å². The van der Waals surface area contributed by atoms with Gasteiger partial charge in [-0.25, -0.2) is 0 Å². The first-order chi connectivity index (χ1) is 29.7. The third-order valence-electron chi connectivity index (χ3n) is 13.9. The van der Waals surface area contributed by atoms with Gasteiger partial charge < -0.3 is 18.6 Å². The topological polar surface area (TPSA) is 28.3 Å². The van der Waals surface area contributed by atoms with Crippen molar-refractivity contribution in [2.45, 2.75) is 105 Å². The number of benzene rings is 7. The Morgan fingerprint density at radius 1 is 0.349 bits per heavy atom. The van der Waals surface area contributed by atoms with Crippen molar-refractivity contribution in [2.24, 2.45) is 0 Å². The second kappa shape index (κ2) is 13.2. The predicted molar refractivity (Wildman–Crippen MR) is 268 cm³/mol. The molecule has 63 heavy (non-hydrogen) atoms. The van der Waals surface area contributed by atoms with Gasteiger partial charge in [0.25, 0.3) is 6.71 Å². The highest BCUT2D eigenvalue weighted by molar-refractivity contribution is 6.98. The lowest BCUT2D eigenvalue weighted by Crippen LogP contribution is -2.57. The van der Waals surface area contributed by atoms with E-state index in [0.29, 0.717) is 0 Å². The van der Waals surface area contributed by atoms with E-state index in [4.69, 9.17) is 9.47 Å². The van der Waals surface area contributed by atoms with E-state index < -0.39 is 0 Å². The van der Waals surface area contributed by atoms with Gasteiger partial charge in [-0.05, 0) is 152 Å². The average Bonchev–Trinajstić information content (AvgIpc) is 3.73. The average molecular weight is 825 g/mol. The number of aromatic nitrogens is 2. The number of rotatable bonds is 2. The molecule has 0 atom stereocenters. The zero-order valence-corrected chi connectivity index (χ0v) is 38.9. The van der Waals surface area contributed by atoms with Gasteiger partial charge in [0.15, 0.2) is 0 Å². The molecule has 0 unspecified atom stereocenters. The summed E-state index contributed by atoms with van der Waals surface area (Å²) in [4.78, 5) is 0. The molecule has 0 radical (unpaired) electrons. The lowest BCUT2D eigenvalue weighted by atomic mass is 9.35. The Labute approximate surface area is 372 Å². The molecule has 2 aliphatic rings. The van der Waals surface area contributed by atoms with E-state index in [0.717, 1.165) is 50.8 Å². The maximum absolute atomic E-state index is 6.79. The second-order valence-corrected chi connectivity index (χ2v) is 22.3. The highest BCUT2D eigenvalue weighted by Crippen LogP contribution is 2.42. The molecule has 0 saturated heterocycles. The van der Waals surface area contributed by atoms with Gasteiger partial charge in [-0.1, -0.05) is 113 Å². The fourth-order valence-corrected chi connectivity index (χ4v) is 10.2. The predicted octanol–water partition coefficient (Wildman–Crippen LogP) is 13.8. The summed E-state index contributed by atoms with van der Waals surface area (Å²) in [5.41, 5.74) is 15.8. The first-order valence-corrected chi connectivity index (χ1v) is 22.7. The SMILES string of the molecule is CC(C)(C)c1ccc2c(c1)c1cc(C(C)(C)C)ccc1n2-c1ccc2c(c1)B1c3cc(-n4c5ccc(C(C)(C)C)cc5c5cc(C(C)(C)C)ccc54)ccc3Oc3cccc(c31)O2. The van der Waals surface area contributed by atoms with Crippen LogP contribution in [0.1, 0.15) is 105 Å². The molecule has 4 heterocycles. The van der Waals surface area contributed by atoms with E-state index in [1.165, 1.54) is 65.9 Å². The Bertz CT molecular complexity index is 3030. The number of hydrogen-bond donors (Lipinski definition) is 0. The van der Waals surface area contributed by atoms with Crippen LogP contribution in [0.3, 0.4) is 0 Å². The van der Waals surface area contributed by atoms with E-state index in [9.17, 15) is 0 Å². The van der Waals surface area contributed by atoms with Crippen LogP contribution in [0.4, 0.5) is 0 Å². The maximum Gasteiger partial charge on any atom is 0.260 e. The van der Waals surface area contributed by atoms with Gasteiger partial charge in [0.2, 0.25) is 0 Å². The molecule has 0 spiro atoms. The summed E-state index contributed by atoms with van der Waals surface area (Å²) in [7, 11) is 0. The van der Waals surface area contributed by atoms with Crippen LogP contribution in [0.25, 0.3) is 55.0 Å². The summed E-state index contributed by atoms with van der Waals surface area (Å²) >= 11 is 0. The molecule has 4 nitrogen and oxygen atoms in total. The van der Waals surface area contributed by atoms with Crippen LogP contribution in [-0.2, 0) is 21.7 Å². The molecule has 5 heteroatoms. The van der Waals surface area contributed by atoms with Gasteiger partial charge in [0, 0.05) is 38.4 Å². The summed E-state index contributed by atoms with van der Waals surface area (Å²) in [5, 5.41) is 5.12. The first-order valence-electron chi connectivity index (χ1n) is 22.7. The molecule has 0 N–H and O–H groups in total.